The van der Waals surface area contributed by atoms with E-state index in [4.69, 9.17) is 25.3 Å². The summed E-state index contributed by atoms with van der Waals surface area (Å²) in [6.07, 6.45) is -0.635. The molecule has 3 N–H and O–H groups in total. The number of hydrogen-bond acceptors (Lipinski definition) is 8. The Labute approximate surface area is 214 Å². The van der Waals surface area contributed by atoms with Gasteiger partial charge in [-0.25, -0.2) is 4.79 Å². The first-order valence-corrected chi connectivity index (χ1v) is 11.5. The Morgan fingerprint density at radius 2 is 1.30 bits per heavy atom. The molecule has 0 aromatic heterocycles. The monoisotopic (exact) mass is 519 g/mol. The van der Waals surface area contributed by atoms with Crippen molar-refractivity contribution in [3.63, 3.8) is 0 Å². The molecule has 0 aliphatic carbocycles. The summed E-state index contributed by atoms with van der Waals surface area (Å²) in [6, 6.07) is 4.56. The molecule has 0 aliphatic heterocycles. The predicted molar refractivity (Wildman–Crippen MR) is 134 cm³/mol. The van der Waals surface area contributed by atoms with Crippen LogP contribution in [0.3, 0.4) is 0 Å². The highest BCUT2D eigenvalue weighted by Gasteiger charge is 2.17. The van der Waals surface area contributed by atoms with E-state index in [-0.39, 0.29) is 70.3 Å². The van der Waals surface area contributed by atoms with Crippen LogP contribution >= 0.6 is 0 Å². The summed E-state index contributed by atoms with van der Waals surface area (Å²) < 4.78 is 15.7. The van der Waals surface area contributed by atoms with Gasteiger partial charge in [-0.15, -0.1) is 0 Å². The van der Waals surface area contributed by atoms with Crippen molar-refractivity contribution in [1.82, 2.24) is 16.0 Å². The summed E-state index contributed by atoms with van der Waals surface area (Å²) in [6.45, 7) is 6.89. The van der Waals surface area contributed by atoms with Crippen LogP contribution in [0, 0.1) is 0 Å². The molecule has 0 unspecified atom stereocenters. The van der Waals surface area contributed by atoms with Crippen LogP contribution in [-0.2, 0) is 20.8 Å². The third-order valence-corrected chi connectivity index (χ3v) is 4.21. The minimum absolute atomic E-state index is 0.0291. The van der Waals surface area contributed by atoms with E-state index in [1.54, 1.807) is 32.9 Å². The number of amides is 3. The molecule has 0 saturated heterocycles. The number of nitrogens with one attached hydrogen (secondary N) is 3. The number of alkyl carbamates (subject to hydrolysis) is 1. The van der Waals surface area contributed by atoms with Gasteiger partial charge in [-0.05, 0) is 55.6 Å². The van der Waals surface area contributed by atoms with Crippen molar-refractivity contribution < 1.29 is 28.6 Å². The Morgan fingerprint density at radius 1 is 0.811 bits per heavy atom. The molecule has 15 heteroatoms. The third-order valence-electron chi connectivity index (χ3n) is 4.21. The summed E-state index contributed by atoms with van der Waals surface area (Å²) >= 11 is 0. The smallest absolute Gasteiger partial charge is 0.407 e. The van der Waals surface area contributed by atoms with Crippen molar-refractivity contribution in [2.75, 3.05) is 52.6 Å². The zero-order valence-electron chi connectivity index (χ0n) is 21.2. The van der Waals surface area contributed by atoms with Gasteiger partial charge in [0.25, 0.3) is 11.8 Å². The maximum absolute atomic E-state index is 12.7. The number of rotatable bonds is 16. The molecule has 1 aromatic rings. The lowest BCUT2D eigenvalue weighted by Gasteiger charge is -2.20. The molecule has 0 spiro atoms. The van der Waals surface area contributed by atoms with Crippen molar-refractivity contribution in [3.05, 3.63) is 55.8 Å². The molecule has 0 aliphatic rings. The van der Waals surface area contributed by atoms with Crippen molar-refractivity contribution in [2.45, 2.75) is 32.9 Å². The average molecular weight is 520 g/mol. The van der Waals surface area contributed by atoms with Crippen molar-refractivity contribution in [3.8, 4) is 0 Å². The van der Waals surface area contributed by atoms with Crippen LogP contribution in [0.5, 0.6) is 0 Å². The summed E-state index contributed by atoms with van der Waals surface area (Å²) in [5.41, 5.74) is 16.7. The van der Waals surface area contributed by atoms with Gasteiger partial charge in [0.2, 0.25) is 0 Å². The molecular formula is C22H33N9O6. The number of carbonyl (C=O) groups is 3. The lowest BCUT2D eigenvalue weighted by Crippen LogP contribution is -2.32. The molecule has 3 amide bonds. The average Bonchev–Trinajstić information content (AvgIpc) is 2.85. The minimum atomic E-state index is -0.678. The Bertz CT molecular complexity index is 939. The molecule has 0 radical (unpaired) electrons. The highest BCUT2D eigenvalue weighted by Crippen LogP contribution is 2.12. The van der Waals surface area contributed by atoms with E-state index in [0.29, 0.717) is 5.56 Å². The number of azide groups is 2. The van der Waals surface area contributed by atoms with Gasteiger partial charge in [-0.2, -0.15) is 0 Å². The van der Waals surface area contributed by atoms with Crippen LogP contribution in [0.1, 0.15) is 47.1 Å². The molecule has 1 rings (SSSR count). The molecule has 0 saturated carbocycles. The zero-order chi connectivity index (χ0) is 27.5. The number of nitrogens with zero attached hydrogens (tertiary/aromatic N) is 6. The summed E-state index contributed by atoms with van der Waals surface area (Å²) in [4.78, 5) is 42.6. The normalized spacial score (nSPS) is 10.5. The maximum Gasteiger partial charge on any atom is 0.407 e. The molecule has 202 valence electrons. The van der Waals surface area contributed by atoms with E-state index in [1.165, 1.54) is 6.07 Å². The van der Waals surface area contributed by atoms with Gasteiger partial charge in [0.05, 0.1) is 26.4 Å². The molecule has 37 heavy (non-hydrogen) atoms. The van der Waals surface area contributed by atoms with Gasteiger partial charge in [0.15, 0.2) is 0 Å². The van der Waals surface area contributed by atoms with Crippen molar-refractivity contribution in [1.29, 1.82) is 0 Å². The summed E-state index contributed by atoms with van der Waals surface area (Å²) in [5.74, 6) is -0.874. The number of carbonyl (C=O) groups excluding carboxylic acids is 3. The lowest BCUT2D eigenvalue weighted by molar-refractivity contribution is 0.0523. The van der Waals surface area contributed by atoms with E-state index in [0.717, 1.165) is 0 Å². The van der Waals surface area contributed by atoms with Crippen LogP contribution in [0.4, 0.5) is 4.79 Å². The van der Waals surface area contributed by atoms with Crippen LogP contribution in [0.25, 0.3) is 20.9 Å². The first-order valence-electron chi connectivity index (χ1n) is 11.5. The van der Waals surface area contributed by atoms with E-state index < -0.39 is 23.5 Å². The van der Waals surface area contributed by atoms with E-state index in [9.17, 15) is 14.4 Å². The van der Waals surface area contributed by atoms with Crippen molar-refractivity contribution in [2.24, 2.45) is 10.2 Å². The number of benzene rings is 1. The van der Waals surface area contributed by atoms with E-state index in [1.807, 2.05) is 0 Å². The van der Waals surface area contributed by atoms with Gasteiger partial charge in [0.1, 0.15) is 5.60 Å². The quantitative estimate of drug-likeness (QED) is 0.129. The molecule has 15 nitrogen and oxygen atoms in total. The van der Waals surface area contributed by atoms with Gasteiger partial charge >= 0.3 is 6.09 Å². The number of hydrogen-bond donors (Lipinski definition) is 3. The Morgan fingerprint density at radius 3 is 1.73 bits per heavy atom. The standard InChI is InChI=1S/C22H33N9O6/c1-22(2,3)37-21(34)27-15-16-12-17(19(32)25-4-8-35-10-6-28-30-23)14-18(13-16)20(33)26-5-9-36-11-7-29-31-24/h12-14H,4-11,15H2,1-3H3,(H,25,32)(H,26,33)(H,27,34). The third kappa shape index (κ3) is 14.9. The molecule has 1 aromatic carbocycles. The van der Waals surface area contributed by atoms with Gasteiger partial charge < -0.3 is 30.2 Å². The highest BCUT2D eigenvalue weighted by molar-refractivity contribution is 6.00. The maximum atomic E-state index is 12.7. The second-order valence-corrected chi connectivity index (χ2v) is 8.42. The van der Waals surface area contributed by atoms with Crippen LogP contribution < -0.4 is 16.0 Å². The van der Waals surface area contributed by atoms with Crippen molar-refractivity contribution >= 4 is 17.9 Å². The Balaban J connectivity index is 2.81. The molecule has 0 fully saturated rings. The van der Waals surface area contributed by atoms with Gasteiger partial charge in [0, 0.05) is 53.7 Å². The fourth-order valence-electron chi connectivity index (χ4n) is 2.73. The summed E-state index contributed by atoms with van der Waals surface area (Å²) in [7, 11) is 0. The second kappa shape index (κ2) is 17.4. The fraction of sp³-hybridized carbons (Fsp3) is 0.591. The summed E-state index contributed by atoms with van der Waals surface area (Å²) in [5, 5.41) is 14.7. The largest absolute Gasteiger partial charge is 0.444 e. The fourth-order valence-corrected chi connectivity index (χ4v) is 2.73. The Kier molecular flexibility index (Phi) is 14.6. The number of ether oxygens (including phenoxy) is 3. The van der Waals surface area contributed by atoms with E-state index >= 15 is 0 Å². The molecular weight excluding hydrogens is 486 g/mol. The van der Waals surface area contributed by atoms with Crippen LogP contribution in [0.15, 0.2) is 28.4 Å². The van der Waals surface area contributed by atoms with Crippen LogP contribution in [0.2, 0.25) is 0 Å². The van der Waals surface area contributed by atoms with Crippen LogP contribution in [-0.4, -0.2) is 76.1 Å². The van der Waals surface area contributed by atoms with Gasteiger partial charge in [-0.1, -0.05) is 10.2 Å². The minimum Gasteiger partial charge on any atom is -0.444 e. The highest BCUT2D eigenvalue weighted by atomic mass is 16.6. The first-order chi connectivity index (χ1) is 17.7. The SMILES string of the molecule is CC(C)(C)OC(=O)NCc1cc(C(=O)NCCOCCN=[N+]=[N-])cc(C(=O)NCCOCCN=[N+]=[N-])c1. The topological polar surface area (TPSA) is 213 Å². The lowest BCUT2D eigenvalue weighted by atomic mass is 10.0. The molecule has 0 atom stereocenters. The van der Waals surface area contributed by atoms with E-state index in [2.05, 4.69) is 36.0 Å². The molecule has 0 bridgehead atoms. The molecule has 0 heterocycles. The zero-order valence-corrected chi connectivity index (χ0v) is 21.2. The Hall–Kier alpha value is -4.03. The predicted octanol–water partition coefficient (Wildman–Crippen LogP) is 2.82. The second-order valence-electron chi connectivity index (χ2n) is 8.42. The first kappa shape index (κ1) is 31.0. The van der Waals surface area contributed by atoms with Gasteiger partial charge in [-0.3, -0.25) is 9.59 Å².